The van der Waals surface area contributed by atoms with Crippen LogP contribution in [-0.2, 0) is 17.8 Å². The number of rotatable bonds is 9. The summed E-state index contributed by atoms with van der Waals surface area (Å²) in [6, 6.07) is 18.7. The minimum atomic E-state index is -0.767. The van der Waals surface area contributed by atoms with Crippen LogP contribution in [-0.4, -0.2) is 35.4 Å². The van der Waals surface area contributed by atoms with Crippen LogP contribution in [0.1, 0.15) is 24.0 Å². The highest BCUT2D eigenvalue weighted by Crippen LogP contribution is 2.34. The fourth-order valence-corrected chi connectivity index (χ4v) is 4.21. The molecular formula is C28H27ClFN3O2. The molecule has 0 spiro atoms. The number of nitrogens with one attached hydrogen (secondary N) is 1. The summed E-state index contributed by atoms with van der Waals surface area (Å²) in [6.45, 7) is 0.865. The van der Waals surface area contributed by atoms with Crippen LogP contribution in [0.4, 0.5) is 15.9 Å². The number of aromatic nitrogens is 1. The second kappa shape index (κ2) is 10.8. The van der Waals surface area contributed by atoms with Gasteiger partial charge in [-0.1, -0.05) is 29.8 Å². The Morgan fingerprint density at radius 3 is 2.51 bits per heavy atom. The van der Waals surface area contributed by atoms with Crippen molar-refractivity contribution in [2.75, 3.05) is 19.4 Å². The van der Waals surface area contributed by atoms with Gasteiger partial charge < -0.3 is 20.1 Å². The van der Waals surface area contributed by atoms with E-state index in [1.807, 2.05) is 44.4 Å². The van der Waals surface area contributed by atoms with Crippen LogP contribution >= 0.6 is 11.6 Å². The third kappa shape index (κ3) is 5.96. The van der Waals surface area contributed by atoms with E-state index in [1.165, 1.54) is 17.7 Å². The topological polar surface area (TPSA) is 65.5 Å². The molecule has 1 aromatic heterocycles. The van der Waals surface area contributed by atoms with Crippen LogP contribution in [0.15, 0.2) is 60.7 Å². The number of pyridine rings is 1. The Labute approximate surface area is 209 Å². The number of phenols is 1. The van der Waals surface area contributed by atoms with Gasteiger partial charge in [-0.25, -0.2) is 9.37 Å². The molecule has 180 valence electrons. The number of aryl methyl sites for hydroxylation is 1. The lowest BCUT2D eigenvalue weighted by Crippen LogP contribution is -2.10. The zero-order valence-electron chi connectivity index (χ0n) is 19.7. The van der Waals surface area contributed by atoms with E-state index in [1.54, 1.807) is 0 Å². The van der Waals surface area contributed by atoms with Crippen molar-refractivity contribution in [3.63, 3.8) is 0 Å². The van der Waals surface area contributed by atoms with Gasteiger partial charge in [0, 0.05) is 24.0 Å². The Bertz CT molecular complexity index is 1330. The van der Waals surface area contributed by atoms with Crippen LogP contribution in [0.3, 0.4) is 0 Å². The Hall–Kier alpha value is -3.48. The minimum Gasteiger partial charge on any atom is -0.504 e. The number of phenolic OH excluding ortho intramolecular Hbond substituents is 1. The molecule has 0 atom stereocenters. The van der Waals surface area contributed by atoms with Crippen molar-refractivity contribution in [2.45, 2.75) is 25.8 Å². The number of aromatic hydroxyl groups is 1. The molecule has 0 unspecified atom stereocenters. The largest absolute Gasteiger partial charge is 0.504 e. The first-order chi connectivity index (χ1) is 16.8. The van der Waals surface area contributed by atoms with E-state index in [0.29, 0.717) is 24.8 Å². The van der Waals surface area contributed by atoms with Gasteiger partial charge in [-0.3, -0.25) is 0 Å². The highest BCUT2D eigenvalue weighted by molar-refractivity contribution is 6.32. The minimum absolute atomic E-state index is 0.0380. The second-order valence-corrected chi connectivity index (χ2v) is 9.22. The predicted molar refractivity (Wildman–Crippen MR) is 140 cm³/mol. The fraction of sp³-hybridized carbons (Fsp3) is 0.214. The molecule has 1 heterocycles. The quantitative estimate of drug-likeness (QED) is 0.201. The van der Waals surface area contributed by atoms with E-state index < -0.39 is 11.6 Å². The average Bonchev–Trinajstić information content (AvgIpc) is 2.83. The van der Waals surface area contributed by atoms with Gasteiger partial charge in [0.2, 0.25) is 0 Å². The molecule has 0 bridgehead atoms. The first kappa shape index (κ1) is 24.6. The van der Waals surface area contributed by atoms with E-state index >= 15 is 0 Å². The number of nitrogens with zero attached hydrogens (tertiary/aromatic N) is 2. The molecule has 35 heavy (non-hydrogen) atoms. The van der Waals surface area contributed by atoms with Crippen molar-refractivity contribution in [1.82, 2.24) is 9.88 Å². The molecule has 0 aliphatic rings. The van der Waals surface area contributed by atoms with E-state index in [0.717, 1.165) is 46.4 Å². The number of halogens is 2. The second-order valence-electron chi connectivity index (χ2n) is 8.81. The third-order valence-electron chi connectivity index (χ3n) is 5.73. The molecule has 0 saturated carbocycles. The molecule has 2 N–H and O–H groups in total. The van der Waals surface area contributed by atoms with E-state index in [4.69, 9.17) is 16.6 Å². The van der Waals surface area contributed by atoms with Crippen molar-refractivity contribution >= 4 is 40.3 Å². The average molecular weight is 492 g/mol. The van der Waals surface area contributed by atoms with E-state index in [2.05, 4.69) is 28.4 Å². The van der Waals surface area contributed by atoms with Crippen LogP contribution in [0.25, 0.3) is 22.0 Å². The number of hydrogen-bond acceptors (Lipinski definition) is 5. The number of unbranched alkanes of at least 4 members (excludes halogenated alkanes) is 1. The molecule has 0 saturated heterocycles. The molecular weight excluding hydrogens is 465 g/mol. The lowest BCUT2D eigenvalue weighted by molar-refractivity contribution is -0.107. The zero-order chi connectivity index (χ0) is 24.9. The van der Waals surface area contributed by atoms with Crippen molar-refractivity contribution in [1.29, 1.82) is 0 Å². The molecule has 0 aliphatic heterocycles. The number of benzene rings is 3. The summed E-state index contributed by atoms with van der Waals surface area (Å²) in [7, 11) is 4.07. The smallest absolute Gasteiger partial charge is 0.170 e. The van der Waals surface area contributed by atoms with Gasteiger partial charge in [-0.2, -0.15) is 0 Å². The maximum absolute atomic E-state index is 14.0. The molecule has 4 rings (SSSR count). The van der Waals surface area contributed by atoms with Gasteiger partial charge in [-0.05, 0) is 91.7 Å². The normalized spacial score (nSPS) is 11.2. The Morgan fingerprint density at radius 1 is 1.06 bits per heavy atom. The van der Waals surface area contributed by atoms with Gasteiger partial charge in [-0.15, -0.1) is 0 Å². The monoisotopic (exact) mass is 491 g/mol. The van der Waals surface area contributed by atoms with Crippen LogP contribution in [0.5, 0.6) is 5.75 Å². The maximum atomic E-state index is 14.0. The summed E-state index contributed by atoms with van der Waals surface area (Å²) >= 11 is 5.97. The molecule has 0 amide bonds. The van der Waals surface area contributed by atoms with E-state index in [9.17, 15) is 14.3 Å². The number of carbonyl (C=O) groups excluding carboxylic acids is 1. The van der Waals surface area contributed by atoms with Crippen LogP contribution < -0.4 is 5.32 Å². The fourth-order valence-electron chi connectivity index (χ4n) is 4.00. The third-order valence-corrected chi connectivity index (χ3v) is 6.02. The lowest BCUT2D eigenvalue weighted by Gasteiger charge is -2.15. The summed E-state index contributed by atoms with van der Waals surface area (Å²) < 4.78 is 14.0. The van der Waals surface area contributed by atoms with Gasteiger partial charge in [0.25, 0.3) is 0 Å². The number of fused-ring (bicyclic) bond motifs is 1. The summed E-state index contributed by atoms with van der Waals surface area (Å²) in [4.78, 5) is 17.9. The summed E-state index contributed by atoms with van der Waals surface area (Å²) in [5.41, 5.74) is 5.25. The molecule has 4 aromatic rings. The highest BCUT2D eigenvalue weighted by Gasteiger charge is 2.12. The van der Waals surface area contributed by atoms with Crippen LogP contribution in [0, 0.1) is 5.82 Å². The summed E-state index contributed by atoms with van der Waals surface area (Å²) in [5.74, 6) is -0.576. The molecule has 0 radical (unpaired) electrons. The summed E-state index contributed by atoms with van der Waals surface area (Å²) in [6.07, 6.45) is 2.80. The van der Waals surface area contributed by atoms with Crippen molar-refractivity contribution < 1.29 is 14.3 Å². The van der Waals surface area contributed by atoms with Gasteiger partial charge in [0.05, 0.1) is 10.5 Å². The molecule has 0 fully saturated rings. The number of anilines is 2. The number of carbonyl (C=O) groups is 1. The van der Waals surface area contributed by atoms with E-state index in [-0.39, 0.29) is 5.02 Å². The first-order valence-electron chi connectivity index (χ1n) is 11.4. The Balaban J connectivity index is 1.69. The number of hydrogen-bond donors (Lipinski definition) is 2. The zero-order valence-corrected chi connectivity index (χ0v) is 20.4. The molecule has 5 nitrogen and oxygen atoms in total. The van der Waals surface area contributed by atoms with Gasteiger partial charge in [0.1, 0.15) is 12.1 Å². The maximum Gasteiger partial charge on any atom is 0.170 e. The van der Waals surface area contributed by atoms with Crippen molar-refractivity contribution in [2.24, 2.45) is 0 Å². The Morgan fingerprint density at radius 2 is 1.83 bits per heavy atom. The Kier molecular flexibility index (Phi) is 7.63. The molecule has 7 heteroatoms. The van der Waals surface area contributed by atoms with Gasteiger partial charge >= 0.3 is 0 Å². The summed E-state index contributed by atoms with van der Waals surface area (Å²) in [5, 5.41) is 13.9. The lowest BCUT2D eigenvalue weighted by atomic mass is 10.0. The van der Waals surface area contributed by atoms with Gasteiger partial charge in [0.15, 0.2) is 11.6 Å². The first-order valence-corrected chi connectivity index (χ1v) is 11.8. The molecule has 0 aliphatic carbocycles. The standard InChI is InChI=1S/C28H27ClFN3O2/c1-33(2)17-18-6-9-23(10-7-18)31-28-20(5-3-4-12-34)14-22-13-19(8-11-26(22)32-28)21-15-24(29)27(35)25(30)16-21/h6-16,35H,3-5,17H2,1-2H3,(H,31,32). The number of aldehydes is 1. The van der Waals surface area contributed by atoms with Crippen molar-refractivity contribution in [3.8, 4) is 16.9 Å². The molecule has 3 aromatic carbocycles. The predicted octanol–water partition coefficient (Wildman–Crippen LogP) is 6.73. The van der Waals surface area contributed by atoms with Crippen molar-refractivity contribution in [3.05, 3.63) is 82.6 Å². The highest BCUT2D eigenvalue weighted by atomic mass is 35.5. The SMILES string of the molecule is CN(C)Cc1ccc(Nc2nc3ccc(-c4cc(F)c(O)c(Cl)c4)cc3cc2CCCC=O)cc1. The van der Waals surface area contributed by atoms with Crippen LogP contribution in [0.2, 0.25) is 5.02 Å².